The minimum absolute atomic E-state index is 0.588. The number of hydrogen-bond donors (Lipinski definition) is 1. The van der Waals surface area contributed by atoms with Gasteiger partial charge in [-0.3, -0.25) is 0 Å². The molecule has 0 heterocycles. The van der Waals surface area contributed by atoms with Crippen molar-refractivity contribution in [3.05, 3.63) is 77.4 Å². The molecule has 0 aliphatic carbocycles. The lowest BCUT2D eigenvalue weighted by Gasteiger charge is -2.19. The van der Waals surface area contributed by atoms with Crippen LogP contribution in [0.3, 0.4) is 0 Å². The van der Waals surface area contributed by atoms with Gasteiger partial charge in [-0.25, -0.2) is 0 Å². The number of fused-ring (bicyclic) bond motifs is 1. The normalized spacial score (nSPS) is 11.3. The third-order valence-electron chi connectivity index (χ3n) is 5.31. The van der Waals surface area contributed by atoms with Crippen molar-refractivity contribution in [1.82, 2.24) is 10.2 Å². The van der Waals surface area contributed by atoms with Gasteiger partial charge in [0.05, 0.1) is 0 Å². The smallest absolute Gasteiger partial charge is 0.124 e. The number of aryl methyl sites for hydroxylation is 1. The van der Waals surface area contributed by atoms with Gasteiger partial charge < -0.3 is 15.0 Å². The van der Waals surface area contributed by atoms with Crippen LogP contribution < -0.4 is 10.1 Å². The van der Waals surface area contributed by atoms with Crippen molar-refractivity contribution in [1.29, 1.82) is 0 Å². The first-order chi connectivity index (χ1) is 13.7. The van der Waals surface area contributed by atoms with Gasteiger partial charge in [0.2, 0.25) is 0 Å². The Kier molecular flexibility index (Phi) is 7.46. The quantitative estimate of drug-likeness (QED) is 0.495. The maximum absolute atomic E-state index is 6.24. The highest BCUT2D eigenvalue weighted by Gasteiger charge is 2.09. The minimum atomic E-state index is 0.588. The average Bonchev–Trinajstić information content (AvgIpc) is 2.74. The van der Waals surface area contributed by atoms with E-state index >= 15 is 0 Å². The standard InChI is InChI=1S/C25H32N2O/c1-4-27(5-2)17-16-26-18-24-23-9-7-6-8-22(23)14-15-25(24)28-19-21-12-10-20(3)11-13-21/h6-15,26H,4-5,16-19H2,1-3H3. The second-order valence-electron chi connectivity index (χ2n) is 7.24. The molecule has 0 saturated heterocycles. The molecule has 3 aromatic rings. The Morgan fingerprint density at radius 2 is 1.64 bits per heavy atom. The van der Waals surface area contributed by atoms with Gasteiger partial charge in [0.25, 0.3) is 0 Å². The number of hydrogen-bond acceptors (Lipinski definition) is 3. The second kappa shape index (κ2) is 10.3. The molecule has 0 bridgehead atoms. The first kappa shape index (κ1) is 20.4. The fourth-order valence-electron chi connectivity index (χ4n) is 3.47. The molecule has 0 spiro atoms. The van der Waals surface area contributed by atoms with Crippen LogP contribution in [-0.2, 0) is 13.2 Å². The van der Waals surface area contributed by atoms with Crippen molar-refractivity contribution in [2.45, 2.75) is 33.9 Å². The molecular formula is C25H32N2O. The van der Waals surface area contributed by atoms with Crippen molar-refractivity contribution in [3.63, 3.8) is 0 Å². The molecule has 0 saturated carbocycles. The van der Waals surface area contributed by atoms with Crippen LogP contribution in [0.2, 0.25) is 0 Å². The Balaban J connectivity index is 1.73. The summed E-state index contributed by atoms with van der Waals surface area (Å²) in [7, 11) is 0. The fraction of sp³-hybridized carbons (Fsp3) is 0.360. The van der Waals surface area contributed by atoms with Gasteiger partial charge in [0.15, 0.2) is 0 Å². The zero-order chi connectivity index (χ0) is 19.8. The zero-order valence-electron chi connectivity index (χ0n) is 17.4. The van der Waals surface area contributed by atoms with E-state index in [0.29, 0.717) is 6.61 Å². The first-order valence-corrected chi connectivity index (χ1v) is 10.3. The van der Waals surface area contributed by atoms with Gasteiger partial charge in [-0.1, -0.05) is 74.0 Å². The summed E-state index contributed by atoms with van der Waals surface area (Å²) in [6, 6.07) is 21.4. The highest BCUT2D eigenvalue weighted by Crippen LogP contribution is 2.28. The molecule has 0 amide bonds. The van der Waals surface area contributed by atoms with Gasteiger partial charge in [-0.05, 0) is 42.4 Å². The predicted molar refractivity (Wildman–Crippen MR) is 119 cm³/mol. The van der Waals surface area contributed by atoms with E-state index in [-0.39, 0.29) is 0 Å². The maximum atomic E-state index is 6.24. The minimum Gasteiger partial charge on any atom is -0.489 e. The summed E-state index contributed by atoms with van der Waals surface area (Å²) in [4.78, 5) is 2.44. The third-order valence-corrected chi connectivity index (χ3v) is 5.31. The van der Waals surface area contributed by atoms with Crippen LogP contribution in [0.25, 0.3) is 10.8 Å². The molecule has 148 valence electrons. The Bertz CT molecular complexity index is 869. The number of benzene rings is 3. The SMILES string of the molecule is CCN(CC)CCNCc1c(OCc2ccc(C)cc2)ccc2ccccc12. The van der Waals surface area contributed by atoms with E-state index in [2.05, 4.69) is 91.7 Å². The molecule has 3 rings (SSSR count). The van der Waals surface area contributed by atoms with Gasteiger partial charge in [-0.2, -0.15) is 0 Å². The largest absolute Gasteiger partial charge is 0.489 e. The summed E-state index contributed by atoms with van der Waals surface area (Å²) in [6.45, 7) is 12.2. The molecule has 0 radical (unpaired) electrons. The van der Waals surface area contributed by atoms with Gasteiger partial charge in [0.1, 0.15) is 12.4 Å². The summed E-state index contributed by atoms with van der Waals surface area (Å²) in [6.07, 6.45) is 0. The highest BCUT2D eigenvalue weighted by atomic mass is 16.5. The third kappa shape index (κ3) is 5.34. The average molecular weight is 377 g/mol. The summed E-state index contributed by atoms with van der Waals surface area (Å²) in [5, 5.41) is 6.14. The van der Waals surface area contributed by atoms with Crippen molar-refractivity contribution in [2.24, 2.45) is 0 Å². The van der Waals surface area contributed by atoms with Gasteiger partial charge in [-0.15, -0.1) is 0 Å². The molecule has 28 heavy (non-hydrogen) atoms. The van der Waals surface area contributed by atoms with E-state index in [1.54, 1.807) is 0 Å². The molecule has 0 aliphatic rings. The lowest BCUT2D eigenvalue weighted by Crippen LogP contribution is -2.31. The van der Waals surface area contributed by atoms with E-state index in [1.807, 2.05) is 0 Å². The van der Waals surface area contributed by atoms with Crippen molar-refractivity contribution in [2.75, 3.05) is 26.2 Å². The lowest BCUT2D eigenvalue weighted by atomic mass is 10.0. The zero-order valence-corrected chi connectivity index (χ0v) is 17.4. The molecule has 0 aliphatic heterocycles. The molecule has 1 N–H and O–H groups in total. The van der Waals surface area contributed by atoms with Crippen molar-refractivity contribution < 1.29 is 4.74 Å². The Labute approximate surface area is 169 Å². The van der Waals surface area contributed by atoms with E-state index in [9.17, 15) is 0 Å². The van der Waals surface area contributed by atoms with Crippen LogP contribution in [0, 0.1) is 6.92 Å². The van der Waals surface area contributed by atoms with Crippen LogP contribution in [0.5, 0.6) is 5.75 Å². The number of nitrogens with one attached hydrogen (secondary N) is 1. The Morgan fingerprint density at radius 1 is 0.893 bits per heavy atom. The number of nitrogens with zero attached hydrogens (tertiary/aromatic N) is 1. The molecule has 0 fully saturated rings. The molecule has 0 unspecified atom stereocenters. The van der Waals surface area contributed by atoms with Crippen molar-refractivity contribution in [3.8, 4) is 5.75 Å². The number of likely N-dealkylation sites (N-methyl/N-ethyl adjacent to an activating group) is 1. The first-order valence-electron chi connectivity index (χ1n) is 10.3. The van der Waals surface area contributed by atoms with Crippen LogP contribution in [0.1, 0.15) is 30.5 Å². The van der Waals surface area contributed by atoms with Crippen LogP contribution in [0.4, 0.5) is 0 Å². The van der Waals surface area contributed by atoms with E-state index < -0.39 is 0 Å². The summed E-state index contributed by atoms with van der Waals surface area (Å²) in [5.74, 6) is 0.967. The van der Waals surface area contributed by atoms with E-state index in [1.165, 1.54) is 27.5 Å². The molecule has 3 heteroatoms. The molecule has 3 aromatic carbocycles. The lowest BCUT2D eigenvalue weighted by molar-refractivity contribution is 0.296. The van der Waals surface area contributed by atoms with E-state index in [0.717, 1.165) is 38.5 Å². The molecule has 0 aromatic heterocycles. The van der Waals surface area contributed by atoms with E-state index in [4.69, 9.17) is 4.74 Å². The summed E-state index contributed by atoms with van der Waals surface area (Å²) >= 11 is 0. The molecule has 3 nitrogen and oxygen atoms in total. The van der Waals surface area contributed by atoms with Crippen LogP contribution in [-0.4, -0.2) is 31.1 Å². The van der Waals surface area contributed by atoms with Crippen LogP contribution >= 0.6 is 0 Å². The predicted octanol–water partition coefficient (Wildman–Crippen LogP) is 5.16. The summed E-state index contributed by atoms with van der Waals surface area (Å²) < 4.78 is 6.24. The highest BCUT2D eigenvalue weighted by molar-refractivity contribution is 5.87. The number of ether oxygens (including phenoxy) is 1. The second-order valence-corrected chi connectivity index (χ2v) is 7.24. The summed E-state index contributed by atoms with van der Waals surface area (Å²) in [5.41, 5.74) is 3.71. The monoisotopic (exact) mass is 376 g/mol. The van der Waals surface area contributed by atoms with Gasteiger partial charge >= 0.3 is 0 Å². The van der Waals surface area contributed by atoms with Crippen LogP contribution in [0.15, 0.2) is 60.7 Å². The molecular weight excluding hydrogens is 344 g/mol. The Hall–Kier alpha value is -2.36. The Morgan fingerprint density at radius 3 is 2.39 bits per heavy atom. The number of rotatable bonds is 10. The fourth-order valence-corrected chi connectivity index (χ4v) is 3.47. The van der Waals surface area contributed by atoms with Gasteiger partial charge in [0, 0.05) is 25.2 Å². The maximum Gasteiger partial charge on any atom is 0.124 e. The van der Waals surface area contributed by atoms with Crippen molar-refractivity contribution >= 4 is 10.8 Å². The molecule has 0 atom stereocenters. The topological polar surface area (TPSA) is 24.5 Å².